The molecule has 2 atom stereocenters. The summed E-state index contributed by atoms with van der Waals surface area (Å²) in [6, 6.07) is 15.1. The lowest BCUT2D eigenvalue weighted by atomic mass is 10.1. The molecule has 2 aromatic carbocycles. The highest BCUT2D eigenvalue weighted by Crippen LogP contribution is 2.37. The molecule has 4 rings (SSSR count). The summed E-state index contributed by atoms with van der Waals surface area (Å²) in [5, 5.41) is 11.4. The van der Waals surface area contributed by atoms with Gasteiger partial charge in [0.15, 0.2) is 5.82 Å². The molecule has 1 aromatic heterocycles. The molecule has 1 fully saturated rings. The summed E-state index contributed by atoms with van der Waals surface area (Å²) < 4.78 is 10.9. The lowest BCUT2D eigenvalue weighted by molar-refractivity contribution is -0.121. The van der Waals surface area contributed by atoms with Crippen LogP contribution >= 0.6 is 23.4 Å². The van der Waals surface area contributed by atoms with Crippen LogP contribution in [0.5, 0.6) is 5.75 Å². The largest absolute Gasteiger partial charge is 0.497 e. The molecule has 32 heavy (non-hydrogen) atoms. The van der Waals surface area contributed by atoms with Gasteiger partial charge in [-0.2, -0.15) is 0 Å². The Labute approximate surface area is 196 Å². The smallest absolute Gasteiger partial charge is 0.221 e. The second-order valence-corrected chi connectivity index (χ2v) is 9.10. The molecule has 1 amide bonds. The number of benzene rings is 2. The van der Waals surface area contributed by atoms with E-state index in [9.17, 15) is 4.79 Å². The highest BCUT2D eigenvalue weighted by Gasteiger charge is 2.22. The van der Waals surface area contributed by atoms with Gasteiger partial charge >= 0.3 is 0 Å². The molecule has 168 valence electrons. The molecule has 3 aromatic rings. The summed E-state index contributed by atoms with van der Waals surface area (Å²) in [6.45, 7) is 1.31. The van der Waals surface area contributed by atoms with Crippen molar-refractivity contribution < 1.29 is 14.3 Å². The van der Waals surface area contributed by atoms with Gasteiger partial charge in [0.2, 0.25) is 11.1 Å². The normalized spacial score (nSPS) is 16.6. The van der Waals surface area contributed by atoms with Crippen molar-refractivity contribution in [1.82, 2.24) is 20.5 Å². The molecular weight excluding hydrogens is 448 g/mol. The number of amides is 1. The quantitative estimate of drug-likeness (QED) is 0.440. The molecule has 0 saturated carbocycles. The van der Waals surface area contributed by atoms with E-state index in [-0.39, 0.29) is 17.3 Å². The number of ether oxygens (including phenoxy) is 2. The van der Waals surface area contributed by atoms with Crippen LogP contribution in [-0.4, -0.2) is 47.5 Å². The SMILES string of the molecule is COc1ccc([C@@H](CC(=O)NC[C@@H]2CCCO2)Sc2n[nH]c(-c3ccc(Cl)cc3)n2)cc1. The standard InChI is InChI=1S/C23H25ClN4O3S/c1-30-18-10-6-15(7-11-18)20(13-21(29)25-14-19-3-2-12-31-19)32-23-26-22(27-28-23)16-4-8-17(24)9-5-16/h4-11,19-20H,2-3,12-14H2,1H3,(H,25,29)(H,26,27,28)/t19-,20+/m0/s1. The highest BCUT2D eigenvalue weighted by molar-refractivity contribution is 7.99. The lowest BCUT2D eigenvalue weighted by Crippen LogP contribution is -2.32. The summed E-state index contributed by atoms with van der Waals surface area (Å²) in [7, 11) is 1.63. The van der Waals surface area contributed by atoms with Gasteiger partial charge in [0, 0.05) is 35.4 Å². The number of H-pyrrole nitrogens is 1. The number of methoxy groups -OCH3 is 1. The summed E-state index contributed by atoms with van der Waals surface area (Å²) in [4.78, 5) is 17.3. The van der Waals surface area contributed by atoms with Crippen molar-refractivity contribution in [2.24, 2.45) is 0 Å². The number of carbonyl (C=O) groups is 1. The summed E-state index contributed by atoms with van der Waals surface area (Å²) in [6.07, 6.45) is 2.45. The molecule has 0 bridgehead atoms. The third-order valence-corrected chi connectivity index (χ3v) is 6.61. The second kappa shape index (κ2) is 10.8. The third kappa shape index (κ3) is 6.03. The number of aromatic amines is 1. The Morgan fingerprint density at radius 2 is 2.06 bits per heavy atom. The van der Waals surface area contributed by atoms with E-state index in [0.29, 0.717) is 29.0 Å². The van der Waals surface area contributed by atoms with Crippen LogP contribution < -0.4 is 10.1 Å². The second-order valence-electron chi connectivity index (χ2n) is 7.50. The first-order chi connectivity index (χ1) is 15.6. The molecule has 1 aliphatic rings. The number of halogens is 1. The Bertz CT molecular complexity index is 1020. The van der Waals surface area contributed by atoms with E-state index < -0.39 is 0 Å². The third-order valence-electron chi connectivity index (χ3n) is 5.24. The molecule has 0 radical (unpaired) electrons. The van der Waals surface area contributed by atoms with Crippen LogP contribution in [-0.2, 0) is 9.53 Å². The van der Waals surface area contributed by atoms with E-state index in [0.717, 1.165) is 36.3 Å². The lowest BCUT2D eigenvalue weighted by Gasteiger charge is -2.17. The fourth-order valence-electron chi connectivity index (χ4n) is 3.48. The monoisotopic (exact) mass is 472 g/mol. The van der Waals surface area contributed by atoms with Crippen LogP contribution in [0.2, 0.25) is 5.02 Å². The van der Waals surface area contributed by atoms with Gasteiger partial charge in [-0.25, -0.2) is 4.98 Å². The van der Waals surface area contributed by atoms with Crippen LogP contribution in [0.15, 0.2) is 53.7 Å². The van der Waals surface area contributed by atoms with E-state index in [4.69, 9.17) is 21.1 Å². The predicted molar refractivity (Wildman–Crippen MR) is 125 cm³/mol. The minimum absolute atomic E-state index is 0.0257. The van der Waals surface area contributed by atoms with Crippen LogP contribution in [0.3, 0.4) is 0 Å². The maximum absolute atomic E-state index is 12.7. The first kappa shape index (κ1) is 22.6. The van der Waals surface area contributed by atoms with Gasteiger partial charge in [-0.1, -0.05) is 35.5 Å². The average Bonchev–Trinajstić information content (AvgIpc) is 3.50. The molecule has 9 heteroatoms. The van der Waals surface area contributed by atoms with Crippen molar-refractivity contribution in [2.75, 3.05) is 20.3 Å². The van der Waals surface area contributed by atoms with Crippen molar-refractivity contribution in [3.8, 4) is 17.1 Å². The fourth-order valence-corrected chi connectivity index (χ4v) is 4.63. The van der Waals surface area contributed by atoms with Gasteiger partial charge in [-0.3, -0.25) is 9.89 Å². The number of nitrogens with zero attached hydrogens (tertiary/aromatic N) is 2. The number of carbonyl (C=O) groups excluding carboxylic acids is 1. The molecule has 2 heterocycles. The van der Waals surface area contributed by atoms with Crippen LogP contribution in [0.1, 0.15) is 30.1 Å². The Hall–Kier alpha value is -2.55. The van der Waals surface area contributed by atoms with Gasteiger partial charge in [0.1, 0.15) is 5.75 Å². The molecule has 7 nitrogen and oxygen atoms in total. The molecular formula is C23H25ClN4O3S. The van der Waals surface area contributed by atoms with E-state index in [1.165, 1.54) is 11.8 Å². The van der Waals surface area contributed by atoms with Crippen molar-refractivity contribution in [3.05, 3.63) is 59.1 Å². The van der Waals surface area contributed by atoms with Crippen molar-refractivity contribution in [1.29, 1.82) is 0 Å². The van der Waals surface area contributed by atoms with Gasteiger partial charge in [-0.15, -0.1) is 5.10 Å². The molecule has 1 aliphatic heterocycles. The Morgan fingerprint density at radius 1 is 1.28 bits per heavy atom. The number of nitrogens with one attached hydrogen (secondary N) is 2. The van der Waals surface area contributed by atoms with Crippen molar-refractivity contribution >= 4 is 29.3 Å². The van der Waals surface area contributed by atoms with Gasteiger partial charge in [0.25, 0.3) is 0 Å². The number of aromatic nitrogens is 3. The van der Waals surface area contributed by atoms with Gasteiger partial charge in [-0.05, 0) is 54.8 Å². The van der Waals surface area contributed by atoms with Gasteiger partial charge in [0.05, 0.1) is 13.2 Å². The average molecular weight is 473 g/mol. The molecule has 0 unspecified atom stereocenters. The topological polar surface area (TPSA) is 89.1 Å². The molecule has 2 N–H and O–H groups in total. The zero-order valence-electron chi connectivity index (χ0n) is 17.7. The van der Waals surface area contributed by atoms with E-state index in [1.54, 1.807) is 7.11 Å². The van der Waals surface area contributed by atoms with Crippen molar-refractivity contribution in [3.63, 3.8) is 0 Å². The minimum Gasteiger partial charge on any atom is -0.497 e. The number of rotatable bonds is 9. The van der Waals surface area contributed by atoms with E-state index in [1.807, 2.05) is 48.5 Å². The minimum atomic E-state index is -0.153. The van der Waals surface area contributed by atoms with E-state index in [2.05, 4.69) is 20.5 Å². The van der Waals surface area contributed by atoms with Crippen LogP contribution in [0.4, 0.5) is 0 Å². The Balaban J connectivity index is 1.46. The first-order valence-corrected chi connectivity index (χ1v) is 11.7. The summed E-state index contributed by atoms with van der Waals surface area (Å²) in [5.74, 6) is 1.39. The highest BCUT2D eigenvalue weighted by atomic mass is 35.5. The van der Waals surface area contributed by atoms with Crippen LogP contribution in [0.25, 0.3) is 11.4 Å². The molecule has 0 aliphatic carbocycles. The Morgan fingerprint density at radius 3 is 2.75 bits per heavy atom. The zero-order chi connectivity index (χ0) is 22.3. The summed E-state index contributed by atoms with van der Waals surface area (Å²) >= 11 is 7.42. The molecule has 1 saturated heterocycles. The molecule has 0 spiro atoms. The van der Waals surface area contributed by atoms with Gasteiger partial charge < -0.3 is 14.8 Å². The maximum atomic E-state index is 12.7. The number of hydrogen-bond acceptors (Lipinski definition) is 6. The predicted octanol–water partition coefficient (Wildman–Crippen LogP) is 4.65. The Kier molecular flexibility index (Phi) is 7.68. The van der Waals surface area contributed by atoms with E-state index >= 15 is 0 Å². The van der Waals surface area contributed by atoms with Crippen LogP contribution in [0, 0.1) is 0 Å². The number of thioether (sulfide) groups is 1. The number of hydrogen-bond donors (Lipinski definition) is 2. The summed E-state index contributed by atoms with van der Waals surface area (Å²) in [5.41, 5.74) is 1.89. The first-order valence-electron chi connectivity index (χ1n) is 10.5. The fraction of sp³-hybridized carbons (Fsp3) is 0.348. The zero-order valence-corrected chi connectivity index (χ0v) is 19.3. The maximum Gasteiger partial charge on any atom is 0.221 e. The van der Waals surface area contributed by atoms with Crippen molar-refractivity contribution in [2.45, 2.75) is 35.8 Å².